The molecule has 2 amide bonds. The number of hydrogen-bond acceptors (Lipinski definition) is 2. The molecule has 1 N–H and O–H groups in total. The number of carbonyl (C=O) groups excluding carboxylic acids is 2. The molecule has 2 aromatic rings. The van der Waals surface area contributed by atoms with E-state index in [9.17, 15) is 9.59 Å². The molecular weight excluding hydrogens is 395 g/mol. The van der Waals surface area contributed by atoms with E-state index < -0.39 is 0 Å². The average Bonchev–Trinajstić information content (AvgIpc) is 2.64. The minimum Gasteiger partial charge on any atom is -0.350 e. The summed E-state index contributed by atoms with van der Waals surface area (Å²) in [4.78, 5) is 27.4. The van der Waals surface area contributed by atoms with Gasteiger partial charge in [-0.2, -0.15) is 0 Å². The topological polar surface area (TPSA) is 49.4 Å². The van der Waals surface area contributed by atoms with Crippen molar-refractivity contribution in [3.63, 3.8) is 0 Å². The number of hydrogen-bond donors (Lipinski definition) is 1. The zero-order valence-corrected chi connectivity index (χ0v) is 17.8. The van der Waals surface area contributed by atoms with Gasteiger partial charge in [0.05, 0.1) is 12.5 Å². The van der Waals surface area contributed by atoms with Crippen LogP contribution in [-0.2, 0) is 17.6 Å². The van der Waals surface area contributed by atoms with Crippen molar-refractivity contribution < 1.29 is 9.59 Å². The monoisotopic (exact) mass is 418 g/mol. The molecule has 0 spiro atoms. The molecule has 0 radical (unpaired) electrons. The highest BCUT2D eigenvalue weighted by Gasteiger charge is 2.30. The molecule has 0 unspecified atom stereocenters. The van der Waals surface area contributed by atoms with E-state index in [0.717, 1.165) is 11.1 Å². The lowest BCUT2D eigenvalue weighted by Crippen LogP contribution is -2.41. The SMILES string of the molecule is CC(C)NC(=O)c1cccc2c1CCN(C(=O)Cc1c(Cl)cccc1Cl)[C@H]2C. The number of amides is 2. The smallest absolute Gasteiger partial charge is 0.251 e. The van der Waals surface area contributed by atoms with Gasteiger partial charge in [0.1, 0.15) is 0 Å². The molecule has 0 saturated heterocycles. The molecule has 1 aliphatic rings. The van der Waals surface area contributed by atoms with Crippen molar-refractivity contribution in [1.82, 2.24) is 10.2 Å². The van der Waals surface area contributed by atoms with E-state index in [2.05, 4.69) is 5.32 Å². The van der Waals surface area contributed by atoms with Crippen molar-refractivity contribution in [3.05, 3.63) is 68.7 Å². The minimum atomic E-state index is -0.121. The van der Waals surface area contributed by atoms with Crippen molar-refractivity contribution in [3.8, 4) is 0 Å². The minimum absolute atomic E-state index is 0.0230. The zero-order valence-electron chi connectivity index (χ0n) is 16.3. The van der Waals surface area contributed by atoms with E-state index in [1.54, 1.807) is 18.2 Å². The number of rotatable bonds is 4. The first-order valence-electron chi connectivity index (χ1n) is 9.44. The van der Waals surface area contributed by atoms with Crippen molar-refractivity contribution >= 4 is 35.0 Å². The maximum atomic E-state index is 13.0. The third-order valence-electron chi connectivity index (χ3n) is 5.11. The van der Waals surface area contributed by atoms with Gasteiger partial charge in [0, 0.05) is 28.2 Å². The van der Waals surface area contributed by atoms with Crippen LogP contribution in [0.5, 0.6) is 0 Å². The van der Waals surface area contributed by atoms with Crippen molar-refractivity contribution in [2.45, 2.75) is 45.7 Å². The first-order chi connectivity index (χ1) is 13.3. The van der Waals surface area contributed by atoms with Crippen LogP contribution in [0.25, 0.3) is 0 Å². The van der Waals surface area contributed by atoms with Crippen LogP contribution in [0.4, 0.5) is 0 Å². The lowest BCUT2D eigenvalue weighted by Gasteiger charge is -2.36. The van der Waals surface area contributed by atoms with Crippen LogP contribution >= 0.6 is 23.2 Å². The summed E-state index contributed by atoms with van der Waals surface area (Å²) in [6.07, 6.45) is 0.801. The molecule has 2 aromatic carbocycles. The molecule has 0 bridgehead atoms. The number of carbonyl (C=O) groups is 2. The molecule has 0 aromatic heterocycles. The van der Waals surface area contributed by atoms with E-state index in [1.807, 2.05) is 43.9 Å². The molecule has 28 heavy (non-hydrogen) atoms. The average molecular weight is 419 g/mol. The van der Waals surface area contributed by atoms with Crippen LogP contribution in [0.1, 0.15) is 53.9 Å². The maximum Gasteiger partial charge on any atom is 0.251 e. The lowest BCUT2D eigenvalue weighted by atomic mass is 9.89. The highest BCUT2D eigenvalue weighted by atomic mass is 35.5. The van der Waals surface area contributed by atoms with Crippen molar-refractivity contribution in [1.29, 1.82) is 0 Å². The van der Waals surface area contributed by atoms with Gasteiger partial charge in [-0.05, 0) is 62.1 Å². The standard InChI is InChI=1S/C22H24Cl2N2O2/c1-13(2)25-22(28)17-7-4-6-15-14(3)26(11-10-16(15)17)21(27)12-18-19(23)8-5-9-20(18)24/h4-9,13-14H,10-12H2,1-3H3,(H,25,28)/t14-/m0/s1. The Bertz CT molecular complexity index is 891. The summed E-state index contributed by atoms with van der Waals surface area (Å²) in [6.45, 7) is 6.43. The van der Waals surface area contributed by atoms with Crippen molar-refractivity contribution in [2.75, 3.05) is 6.54 Å². The van der Waals surface area contributed by atoms with Crippen LogP contribution in [0.15, 0.2) is 36.4 Å². The van der Waals surface area contributed by atoms with Gasteiger partial charge in [0.2, 0.25) is 5.91 Å². The summed E-state index contributed by atoms with van der Waals surface area (Å²) in [6, 6.07) is 10.9. The van der Waals surface area contributed by atoms with E-state index in [1.165, 1.54) is 0 Å². The molecule has 4 nitrogen and oxygen atoms in total. The van der Waals surface area contributed by atoms with Crippen LogP contribution in [-0.4, -0.2) is 29.3 Å². The van der Waals surface area contributed by atoms with Gasteiger partial charge in [0.25, 0.3) is 5.91 Å². The molecule has 1 atom stereocenters. The van der Waals surface area contributed by atoms with E-state index in [-0.39, 0.29) is 30.3 Å². The molecule has 148 valence electrons. The predicted octanol–water partition coefficient (Wildman–Crippen LogP) is 4.82. The largest absolute Gasteiger partial charge is 0.350 e. The first-order valence-corrected chi connectivity index (χ1v) is 10.2. The third kappa shape index (κ3) is 4.18. The van der Waals surface area contributed by atoms with Gasteiger partial charge in [-0.25, -0.2) is 0 Å². The van der Waals surface area contributed by atoms with Crippen LogP contribution < -0.4 is 5.32 Å². The van der Waals surface area contributed by atoms with Crippen molar-refractivity contribution in [2.24, 2.45) is 0 Å². The normalized spacial score (nSPS) is 16.1. The number of halogens is 2. The summed E-state index contributed by atoms with van der Waals surface area (Å²) in [7, 11) is 0. The molecule has 0 fully saturated rings. The van der Waals surface area contributed by atoms with Gasteiger partial charge < -0.3 is 10.2 Å². The molecule has 0 saturated carbocycles. The number of nitrogens with zero attached hydrogens (tertiary/aromatic N) is 1. The second kappa shape index (κ2) is 8.54. The van der Waals surface area contributed by atoms with E-state index in [0.29, 0.717) is 34.1 Å². The summed E-state index contributed by atoms with van der Waals surface area (Å²) in [5, 5.41) is 3.95. The Kier molecular flexibility index (Phi) is 6.31. The summed E-state index contributed by atoms with van der Waals surface area (Å²) in [5.41, 5.74) is 3.38. The van der Waals surface area contributed by atoms with Gasteiger partial charge in [-0.15, -0.1) is 0 Å². The second-order valence-corrected chi connectivity index (χ2v) is 8.21. The Morgan fingerprint density at radius 1 is 1.14 bits per heavy atom. The predicted molar refractivity (Wildman–Crippen MR) is 113 cm³/mol. The van der Waals surface area contributed by atoms with Gasteiger partial charge >= 0.3 is 0 Å². The Morgan fingerprint density at radius 3 is 2.43 bits per heavy atom. The van der Waals surface area contributed by atoms with Crippen LogP contribution in [0, 0.1) is 0 Å². The number of nitrogens with one attached hydrogen (secondary N) is 1. The zero-order chi connectivity index (χ0) is 20.4. The molecule has 6 heteroatoms. The van der Waals surface area contributed by atoms with Gasteiger partial charge in [-0.1, -0.05) is 41.4 Å². The van der Waals surface area contributed by atoms with Crippen LogP contribution in [0.3, 0.4) is 0 Å². The molecular formula is C22H24Cl2N2O2. The quantitative estimate of drug-likeness (QED) is 0.773. The third-order valence-corrected chi connectivity index (χ3v) is 5.82. The molecule has 1 heterocycles. The summed E-state index contributed by atoms with van der Waals surface area (Å²) >= 11 is 12.5. The Labute approximate surface area is 175 Å². The van der Waals surface area contributed by atoms with E-state index in [4.69, 9.17) is 23.2 Å². The highest BCUT2D eigenvalue weighted by Crippen LogP contribution is 2.33. The number of fused-ring (bicyclic) bond motifs is 1. The highest BCUT2D eigenvalue weighted by molar-refractivity contribution is 6.36. The summed E-state index contributed by atoms with van der Waals surface area (Å²) in [5.74, 6) is -0.0909. The van der Waals surface area contributed by atoms with Crippen LogP contribution in [0.2, 0.25) is 10.0 Å². The fourth-order valence-electron chi connectivity index (χ4n) is 3.72. The second-order valence-electron chi connectivity index (χ2n) is 7.39. The fourth-order valence-corrected chi connectivity index (χ4v) is 4.25. The summed E-state index contributed by atoms with van der Waals surface area (Å²) < 4.78 is 0. The lowest BCUT2D eigenvalue weighted by molar-refractivity contribution is -0.133. The Hall–Kier alpha value is -2.04. The Balaban J connectivity index is 1.84. The van der Waals surface area contributed by atoms with Gasteiger partial charge in [0.15, 0.2) is 0 Å². The molecule has 3 rings (SSSR count). The number of benzene rings is 2. The molecule has 1 aliphatic heterocycles. The first kappa shape index (κ1) is 20.7. The Morgan fingerprint density at radius 2 is 1.79 bits per heavy atom. The van der Waals surface area contributed by atoms with E-state index >= 15 is 0 Å². The van der Waals surface area contributed by atoms with Gasteiger partial charge in [-0.3, -0.25) is 9.59 Å². The maximum absolute atomic E-state index is 13.0. The fraction of sp³-hybridized carbons (Fsp3) is 0.364. The molecule has 0 aliphatic carbocycles.